The third kappa shape index (κ3) is 4.94. The third-order valence-corrected chi connectivity index (χ3v) is 11.7. The van der Waals surface area contributed by atoms with Gasteiger partial charge in [0.2, 0.25) is 5.91 Å². The highest BCUT2D eigenvalue weighted by Gasteiger charge is 2.64. The fourth-order valence-corrected chi connectivity index (χ4v) is 9.91. The van der Waals surface area contributed by atoms with Gasteiger partial charge < -0.3 is 10.2 Å². The second kappa shape index (κ2) is 9.88. The molecule has 4 rings (SSSR count). The summed E-state index contributed by atoms with van der Waals surface area (Å²) in [5.74, 6) is 2.41. The Balaban J connectivity index is 1.48. The zero-order valence-corrected chi connectivity index (χ0v) is 23.0. The maximum absolute atomic E-state index is 12.1. The summed E-state index contributed by atoms with van der Waals surface area (Å²) in [5.41, 5.74) is 2.40. The van der Waals surface area contributed by atoms with E-state index in [1.807, 2.05) is 5.48 Å². The first kappa shape index (κ1) is 27.3. The average Bonchev–Trinajstić information content (AvgIpc) is 3.14. The van der Waals surface area contributed by atoms with Crippen LogP contribution in [0.25, 0.3) is 0 Å². The smallest absolute Gasteiger partial charge is 0.285 e. The first-order valence-electron chi connectivity index (χ1n) is 13.8. The predicted molar refractivity (Wildman–Crippen MR) is 134 cm³/mol. The number of aliphatic hydroxyl groups is 2. The van der Waals surface area contributed by atoms with Crippen molar-refractivity contribution in [1.82, 2.24) is 5.48 Å². The van der Waals surface area contributed by atoms with E-state index in [9.17, 15) is 23.4 Å². The van der Waals surface area contributed by atoms with Crippen LogP contribution in [-0.4, -0.2) is 43.0 Å². The summed E-state index contributed by atoms with van der Waals surface area (Å²) in [4.78, 5) is 12.1. The largest absolute Gasteiger partial charge is 0.393 e. The molecule has 0 aromatic heterocycles. The molecule has 4 unspecified atom stereocenters. The maximum Gasteiger partial charge on any atom is 0.285 e. The number of rotatable bonds is 7. The summed E-state index contributed by atoms with van der Waals surface area (Å²) in [5, 5.41) is 22.3. The molecule has 3 N–H and O–H groups in total. The molecular formula is C27H47NO6S. The van der Waals surface area contributed by atoms with Crippen molar-refractivity contribution in [1.29, 1.82) is 0 Å². The van der Waals surface area contributed by atoms with Crippen LogP contribution in [0.15, 0.2) is 0 Å². The van der Waals surface area contributed by atoms with Crippen molar-refractivity contribution in [3.05, 3.63) is 0 Å². The van der Waals surface area contributed by atoms with Crippen molar-refractivity contribution in [3.63, 3.8) is 0 Å². The van der Waals surface area contributed by atoms with Crippen LogP contribution in [0.5, 0.6) is 0 Å². The quantitative estimate of drug-likeness (QED) is 0.443. The number of hydrogen-bond acceptors (Lipinski definition) is 6. The van der Waals surface area contributed by atoms with E-state index in [2.05, 4.69) is 32.0 Å². The Kier molecular flexibility index (Phi) is 7.72. The normalized spacial score (nSPS) is 46.3. The lowest BCUT2D eigenvalue weighted by atomic mass is 9.41. The molecule has 0 saturated heterocycles. The zero-order valence-electron chi connectivity index (χ0n) is 22.2. The lowest BCUT2D eigenvalue weighted by Crippen LogP contribution is -2.62. The fraction of sp³-hybridized carbons (Fsp3) is 0.963. The van der Waals surface area contributed by atoms with Gasteiger partial charge in [-0.2, -0.15) is 8.42 Å². The van der Waals surface area contributed by atoms with Gasteiger partial charge in [0.05, 0.1) is 18.5 Å². The Hall–Kier alpha value is -0.700. The molecular weight excluding hydrogens is 466 g/mol. The fourth-order valence-electron chi connectivity index (χ4n) is 9.67. The molecule has 0 aliphatic heterocycles. The number of carbonyl (C=O) groups excluding carboxylic acids is 1. The maximum atomic E-state index is 12.1. The molecule has 0 heterocycles. The molecule has 202 valence electrons. The number of fused-ring (bicyclic) bond motifs is 5. The van der Waals surface area contributed by atoms with Crippen molar-refractivity contribution >= 4 is 16.0 Å². The molecule has 0 aromatic rings. The van der Waals surface area contributed by atoms with Crippen molar-refractivity contribution in [3.8, 4) is 0 Å². The number of hydroxylamine groups is 1. The van der Waals surface area contributed by atoms with Crippen LogP contribution in [0.2, 0.25) is 0 Å². The monoisotopic (exact) mass is 513 g/mol. The van der Waals surface area contributed by atoms with E-state index in [0.717, 1.165) is 57.6 Å². The molecule has 0 radical (unpaired) electrons. The highest BCUT2D eigenvalue weighted by molar-refractivity contribution is 7.85. The molecule has 1 amide bonds. The van der Waals surface area contributed by atoms with Crippen molar-refractivity contribution < 1.29 is 27.7 Å². The van der Waals surface area contributed by atoms with E-state index in [1.165, 1.54) is 0 Å². The van der Waals surface area contributed by atoms with E-state index in [1.54, 1.807) is 0 Å². The predicted octanol–water partition coefficient (Wildman–Crippen LogP) is 4.04. The Morgan fingerprint density at radius 3 is 2.37 bits per heavy atom. The Bertz CT molecular complexity index is 894. The minimum absolute atomic E-state index is 0.150. The summed E-state index contributed by atoms with van der Waals surface area (Å²) >= 11 is 0. The zero-order chi connectivity index (χ0) is 25.8. The number of hydrogen-bond donors (Lipinski definition) is 3. The van der Waals surface area contributed by atoms with E-state index < -0.39 is 16.0 Å². The first-order chi connectivity index (χ1) is 16.3. The topological polar surface area (TPSA) is 113 Å². The van der Waals surface area contributed by atoms with Gasteiger partial charge in [0, 0.05) is 6.42 Å². The van der Waals surface area contributed by atoms with Crippen LogP contribution in [0.4, 0.5) is 0 Å². The molecule has 8 heteroatoms. The molecule has 4 aliphatic rings. The molecule has 0 aromatic carbocycles. The molecule has 11 atom stereocenters. The standard InChI is InChI=1S/C27H47NO6S/c1-6-18-22-15-17(29)11-13-27(22,4)21-12-14-26(3)19(8-9-20(26)24(21)25(18)31)16(2)7-10-23(30)28-34-35(5,32)33/h16-22,24-25,29,31H,6-15H2,1-5H3,(H,28,30)/t16-,17-,18-,19?,20?,21?,22+,24?,25-,26-,27-/m1/s1. The summed E-state index contributed by atoms with van der Waals surface area (Å²) in [6.45, 7) is 9.32. The van der Waals surface area contributed by atoms with E-state index in [-0.39, 0.29) is 35.4 Å². The molecule has 7 nitrogen and oxygen atoms in total. The second-order valence-corrected chi connectivity index (χ2v) is 14.5. The third-order valence-electron chi connectivity index (χ3n) is 11.3. The van der Waals surface area contributed by atoms with Gasteiger partial charge in [-0.1, -0.05) is 34.1 Å². The summed E-state index contributed by atoms with van der Waals surface area (Å²) < 4.78 is 26.7. The average molecular weight is 514 g/mol. The van der Waals surface area contributed by atoms with Gasteiger partial charge >= 0.3 is 0 Å². The molecule has 0 spiro atoms. The number of amides is 1. The van der Waals surface area contributed by atoms with Crippen LogP contribution in [0.1, 0.15) is 91.9 Å². The van der Waals surface area contributed by atoms with Gasteiger partial charge in [0.25, 0.3) is 10.1 Å². The molecule has 4 saturated carbocycles. The molecule has 4 fully saturated rings. The van der Waals surface area contributed by atoms with Crippen molar-refractivity contribution in [2.24, 2.45) is 52.3 Å². The van der Waals surface area contributed by atoms with Crippen LogP contribution in [-0.2, 0) is 19.2 Å². The Labute approximate surface area is 211 Å². The van der Waals surface area contributed by atoms with E-state index >= 15 is 0 Å². The van der Waals surface area contributed by atoms with Crippen LogP contribution < -0.4 is 5.48 Å². The van der Waals surface area contributed by atoms with Crippen LogP contribution >= 0.6 is 0 Å². The van der Waals surface area contributed by atoms with Gasteiger partial charge in [0.1, 0.15) is 0 Å². The molecule has 35 heavy (non-hydrogen) atoms. The van der Waals surface area contributed by atoms with Gasteiger partial charge in [-0.15, -0.1) is 4.28 Å². The van der Waals surface area contributed by atoms with Gasteiger partial charge in [0.15, 0.2) is 0 Å². The van der Waals surface area contributed by atoms with E-state index in [0.29, 0.717) is 41.9 Å². The summed E-state index contributed by atoms with van der Waals surface area (Å²) in [7, 11) is -3.71. The van der Waals surface area contributed by atoms with Gasteiger partial charge in [-0.3, -0.25) is 4.79 Å². The van der Waals surface area contributed by atoms with Gasteiger partial charge in [-0.05, 0) is 104 Å². The lowest BCUT2D eigenvalue weighted by molar-refractivity contribution is -0.203. The second-order valence-electron chi connectivity index (χ2n) is 13.0. The SMILES string of the molecule is CC[C@H]1[C@@H](O)C2C3CCC([C@H](C)CCC(=O)NOS(C)(=O)=O)[C@@]3(C)CCC2[C@@]2(C)CC[C@@H](O)C[C@@H]12. The number of aliphatic hydroxyl groups excluding tert-OH is 2. The summed E-state index contributed by atoms with van der Waals surface area (Å²) in [6.07, 6.45) is 9.61. The van der Waals surface area contributed by atoms with Crippen molar-refractivity contribution in [2.45, 2.75) is 104 Å². The number of carbonyl (C=O) groups is 1. The van der Waals surface area contributed by atoms with Gasteiger partial charge in [-0.25, -0.2) is 5.48 Å². The highest BCUT2D eigenvalue weighted by atomic mass is 32.2. The van der Waals surface area contributed by atoms with Crippen LogP contribution in [0.3, 0.4) is 0 Å². The summed E-state index contributed by atoms with van der Waals surface area (Å²) in [6, 6.07) is 0. The number of nitrogens with one attached hydrogen (secondary N) is 1. The first-order valence-corrected chi connectivity index (χ1v) is 15.7. The van der Waals surface area contributed by atoms with E-state index in [4.69, 9.17) is 0 Å². The highest BCUT2D eigenvalue weighted by Crippen LogP contribution is 2.69. The minimum Gasteiger partial charge on any atom is -0.393 e. The minimum atomic E-state index is -3.71. The van der Waals surface area contributed by atoms with Crippen molar-refractivity contribution in [2.75, 3.05) is 6.26 Å². The Morgan fingerprint density at radius 1 is 1.06 bits per heavy atom. The Morgan fingerprint density at radius 2 is 1.71 bits per heavy atom. The molecule has 4 aliphatic carbocycles. The molecule has 0 bridgehead atoms. The lowest BCUT2D eigenvalue weighted by Gasteiger charge is -2.64. The van der Waals surface area contributed by atoms with Crippen LogP contribution in [0, 0.1) is 52.3 Å².